The molecule has 4 nitrogen and oxygen atoms in total. The molecule has 0 aliphatic heterocycles. The molecule has 0 unspecified atom stereocenters. The molecule has 1 aromatic carbocycles. The Balaban J connectivity index is 2.44. The molecule has 3 aromatic rings. The Morgan fingerprint density at radius 3 is 2.70 bits per heavy atom. The highest BCUT2D eigenvalue weighted by Crippen LogP contribution is 2.27. The quantitative estimate of drug-likeness (QED) is 0.735. The third-order valence-electron chi connectivity index (χ3n) is 3.27. The van der Waals surface area contributed by atoms with E-state index in [9.17, 15) is 9.90 Å². The number of phenolic OH excluding ortho intramolecular Hbond substituents is 1. The molecule has 0 radical (unpaired) electrons. The van der Waals surface area contributed by atoms with Gasteiger partial charge in [-0.25, -0.2) is 0 Å². The maximum atomic E-state index is 12.7. The lowest BCUT2D eigenvalue weighted by Gasteiger charge is -2.08. The Labute approximate surface area is 115 Å². The van der Waals surface area contributed by atoms with Gasteiger partial charge in [-0.15, -0.1) is 0 Å². The zero-order chi connectivity index (χ0) is 14.3. The first-order chi connectivity index (χ1) is 9.58. The predicted molar refractivity (Wildman–Crippen MR) is 76.9 cm³/mol. The van der Waals surface area contributed by atoms with Crippen LogP contribution in [0.3, 0.4) is 0 Å². The first kappa shape index (κ1) is 12.4. The SMILES string of the molecule is Cc1oc2cc(O)cc(C)c2c(=O)c1-c1ccccn1. The van der Waals surface area contributed by atoms with Gasteiger partial charge in [0.2, 0.25) is 5.43 Å². The minimum atomic E-state index is -0.125. The fourth-order valence-corrected chi connectivity index (χ4v) is 2.42. The number of benzene rings is 1. The van der Waals surface area contributed by atoms with Crippen LogP contribution in [-0.2, 0) is 0 Å². The molecule has 0 saturated heterocycles. The number of pyridine rings is 1. The number of fused-ring (bicyclic) bond motifs is 1. The number of aromatic nitrogens is 1. The monoisotopic (exact) mass is 267 g/mol. The second kappa shape index (κ2) is 4.49. The Morgan fingerprint density at radius 2 is 2.00 bits per heavy atom. The lowest BCUT2D eigenvalue weighted by atomic mass is 10.0. The van der Waals surface area contributed by atoms with Crippen LogP contribution in [0, 0.1) is 13.8 Å². The van der Waals surface area contributed by atoms with Crippen molar-refractivity contribution in [1.82, 2.24) is 4.98 Å². The third kappa shape index (κ3) is 1.86. The van der Waals surface area contributed by atoms with E-state index in [0.717, 1.165) is 0 Å². The molecule has 0 aliphatic rings. The van der Waals surface area contributed by atoms with Crippen LogP contribution in [0.4, 0.5) is 0 Å². The van der Waals surface area contributed by atoms with Gasteiger partial charge >= 0.3 is 0 Å². The highest BCUT2D eigenvalue weighted by Gasteiger charge is 2.16. The standard InChI is InChI=1S/C16H13NO3/c1-9-7-11(18)8-13-14(9)16(19)15(10(2)20-13)12-5-3-4-6-17-12/h3-8,18H,1-2H3. The van der Waals surface area contributed by atoms with E-state index in [1.165, 1.54) is 6.07 Å². The van der Waals surface area contributed by atoms with Gasteiger partial charge < -0.3 is 9.52 Å². The average molecular weight is 267 g/mol. The summed E-state index contributed by atoms with van der Waals surface area (Å²) in [6.07, 6.45) is 1.64. The average Bonchev–Trinajstić information content (AvgIpc) is 2.38. The van der Waals surface area contributed by atoms with Gasteiger partial charge in [-0.3, -0.25) is 9.78 Å². The van der Waals surface area contributed by atoms with E-state index in [2.05, 4.69) is 4.98 Å². The van der Waals surface area contributed by atoms with Gasteiger partial charge in [0.15, 0.2) is 0 Å². The Hall–Kier alpha value is -2.62. The fraction of sp³-hybridized carbons (Fsp3) is 0.125. The van der Waals surface area contributed by atoms with E-state index < -0.39 is 0 Å². The number of hydrogen-bond donors (Lipinski definition) is 1. The van der Waals surface area contributed by atoms with E-state index in [0.29, 0.717) is 33.6 Å². The van der Waals surface area contributed by atoms with Crippen molar-refractivity contribution in [1.29, 1.82) is 0 Å². The molecule has 4 heteroatoms. The number of aryl methyl sites for hydroxylation is 2. The molecule has 1 N–H and O–H groups in total. The molecule has 20 heavy (non-hydrogen) atoms. The normalized spacial score (nSPS) is 10.9. The molecular formula is C16H13NO3. The third-order valence-corrected chi connectivity index (χ3v) is 3.27. The lowest BCUT2D eigenvalue weighted by Crippen LogP contribution is -2.09. The molecule has 0 aliphatic carbocycles. The van der Waals surface area contributed by atoms with Crippen LogP contribution < -0.4 is 5.43 Å². The molecule has 0 saturated carbocycles. The minimum Gasteiger partial charge on any atom is -0.508 e. The molecule has 0 amide bonds. The van der Waals surface area contributed by atoms with Gasteiger partial charge in [0.25, 0.3) is 0 Å². The number of phenols is 1. The Morgan fingerprint density at radius 1 is 1.20 bits per heavy atom. The van der Waals surface area contributed by atoms with Crippen LogP contribution in [0.5, 0.6) is 5.75 Å². The second-order valence-electron chi connectivity index (χ2n) is 4.71. The summed E-state index contributed by atoms with van der Waals surface area (Å²) in [6, 6.07) is 8.41. The first-order valence-corrected chi connectivity index (χ1v) is 6.26. The summed E-state index contributed by atoms with van der Waals surface area (Å²) in [4.78, 5) is 16.9. The molecule has 100 valence electrons. The molecule has 2 heterocycles. The Bertz CT molecular complexity index is 851. The van der Waals surface area contributed by atoms with E-state index in [1.807, 2.05) is 6.07 Å². The Kier molecular flexibility index (Phi) is 2.79. The zero-order valence-electron chi connectivity index (χ0n) is 11.2. The van der Waals surface area contributed by atoms with Crippen LogP contribution in [0.1, 0.15) is 11.3 Å². The first-order valence-electron chi connectivity index (χ1n) is 6.26. The smallest absolute Gasteiger partial charge is 0.202 e. The molecule has 0 spiro atoms. The van der Waals surface area contributed by atoms with Crippen molar-refractivity contribution in [3.05, 3.63) is 58.1 Å². The molecule has 0 fully saturated rings. The maximum absolute atomic E-state index is 12.7. The van der Waals surface area contributed by atoms with Gasteiger partial charge in [-0.2, -0.15) is 0 Å². The fourth-order valence-electron chi connectivity index (χ4n) is 2.42. The topological polar surface area (TPSA) is 63.3 Å². The predicted octanol–water partition coefficient (Wildman–Crippen LogP) is 3.18. The number of hydrogen-bond acceptors (Lipinski definition) is 4. The van der Waals surface area contributed by atoms with E-state index in [1.54, 1.807) is 38.2 Å². The summed E-state index contributed by atoms with van der Waals surface area (Å²) in [7, 11) is 0. The summed E-state index contributed by atoms with van der Waals surface area (Å²) >= 11 is 0. The summed E-state index contributed by atoms with van der Waals surface area (Å²) in [5.74, 6) is 0.578. The highest BCUT2D eigenvalue weighted by molar-refractivity contribution is 5.86. The van der Waals surface area contributed by atoms with Gasteiger partial charge in [-0.05, 0) is 37.6 Å². The van der Waals surface area contributed by atoms with E-state index in [-0.39, 0.29) is 11.2 Å². The van der Waals surface area contributed by atoms with Crippen LogP contribution in [0.15, 0.2) is 45.7 Å². The number of nitrogens with zero attached hydrogens (tertiary/aromatic N) is 1. The van der Waals surface area contributed by atoms with Crippen LogP contribution in [-0.4, -0.2) is 10.1 Å². The minimum absolute atomic E-state index is 0.0862. The molecule has 2 aromatic heterocycles. The number of aromatic hydroxyl groups is 1. The highest BCUT2D eigenvalue weighted by atomic mass is 16.3. The summed E-state index contributed by atoms with van der Waals surface area (Å²) < 4.78 is 5.69. The van der Waals surface area contributed by atoms with E-state index >= 15 is 0 Å². The van der Waals surface area contributed by atoms with Crippen LogP contribution in [0.2, 0.25) is 0 Å². The zero-order valence-corrected chi connectivity index (χ0v) is 11.2. The van der Waals surface area contributed by atoms with Crippen molar-refractivity contribution in [3.8, 4) is 17.0 Å². The van der Waals surface area contributed by atoms with Crippen LogP contribution in [0.25, 0.3) is 22.2 Å². The van der Waals surface area contributed by atoms with Crippen molar-refractivity contribution < 1.29 is 9.52 Å². The maximum Gasteiger partial charge on any atom is 0.202 e. The molecule has 0 bridgehead atoms. The van der Waals surface area contributed by atoms with Crippen molar-refractivity contribution in [2.24, 2.45) is 0 Å². The molecule has 3 rings (SSSR count). The van der Waals surface area contributed by atoms with Crippen molar-refractivity contribution in [2.45, 2.75) is 13.8 Å². The summed E-state index contributed by atoms with van der Waals surface area (Å²) in [6.45, 7) is 3.50. The van der Waals surface area contributed by atoms with Gasteiger partial charge in [0.05, 0.1) is 16.6 Å². The largest absolute Gasteiger partial charge is 0.508 e. The summed E-state index contributed by atoms with van der Waals surface area (Å²) in [5, 5.41) is 10.1. The lowest BCUT2D eigenvalue weighted by molar-refractivity contribution is 0.473. The second-order valence-corrected chi connectivity index (χ2v) is 4.71. The van der Waals surface area contributed by atoms with Crippen LogP contribution >= 0.6 is 0 Å². The van der Waals surface area contributed by atoms with Gasteiger partial charge in [0, 0.05) is 12.3 Å². The molecular weight excluding hydrogens is 254 g/mol. The van der Waals surface area contributed by atoms with Gasteiger partial charge in [-0.1, -0.05) is 6.07 Å². The van der Waals surface area contributed by atoms with E-state index in [4.69, 9.17) is 4.42 Å². The van der Waals surface area contributed by atoms with Crippen molar-refractivity contribution in [2.75, 3.05) is 0 Å². The van der Waals surface area contributed by atoms with Crippen molar-refractivity contribution in [3.63, 3.8) is 0 Å². The molecule has 0 atom stereocenters. The number of rotatable bonds is 1. The van der Waals surface area contributed by atoms with Gasteiger partial charge in [0.1, 0.15) is 17.1 Å². The summed E-state index contributed by atoms with van der Waals surface area (Å²) in [5.41, 5.74) is 2.01. The van der Waals surface area contributed by atoms with Crippen molar-refractivity contribution >= 4 is 11.0 Å².